The van der Waals surface area contributed by atoms with Crippen LogP contribution in [0.25, 0.3) is 0 Å². The topological polar surface area (TPSA) is 237 Å². The molecule has 19 heteroatoms. The summed E-state index contributed by atoms with van der Waals surface area (Å²) >= 11 is 0. The van der Waals surface area contributed by atoms with E-state index >= 15 is 0 Å². The van der Waals surface area contributed by atoms with Gasteiger partial charge in [0, 0.05) is 25.7 Å². The molecular formula is C69H134O17P2. The maximum Gasteiger partial charge on any atom is 0.472 e. The number of ether oxygens (including phenoxy) is 4. The standard InChI is InChI=1S/C69H134O17P2/c1-9-61(7)47-39-31-22-17-15-13-11-12-14-16-18-24-35-43-51-68(73)85-64(55-79-66(71)49-41-33-23-20-19-21-29-37-45-59(3)4)57-83-87(75,76)81-53-63(70)54-82-88(77,78)84-58-65(86-69(74)52-44-36-27-25-30-38-46-60(5)6)56-80-67(72)50-42-34-28-26-32-40-48-62(8)10-2/h59-65,70H,9-58H2,1-8H3,(H,75,76)(H,77,78)/t61?,62?,63-,64-,65-/m1/s1. The molecule has 0 saturated carbocycles. The summed E-state index contributed by atoms with van der Waals surface area (Å²) in [6, 6.07) is 0. The van der Waals surface area contributed by atoms with Gasteiger partial charge in [-0.05, 0) is 49.4 Å². The highest BCUT2D eigenvalue weighted by molar-refractivity contribution is 7.47. The second-order valence-corrected chi connectivity index (χ2v) is 29.3. The van der Waals surface area contributed by atoms with Crippen LogP contribution < -0.4 is 0 Å². The van der Waals surface area contributed by atoms with E-state index < -0.39 is 97.5 Å². The van der Waals surface area contributed by atoms with Crippen LogP contribution in [0.4, 0.5) is 0 Å². The normalized spacial score (nSPS) is 14.9. The molecule has 0 fully saturated rings. The first-order valence-electron chi connectivity index (χ1n) is 35.8. The van der Waals surface area contributed by atoms with Gasteiger partial charge in [0.1, 0.15) is 19.3 Å². The number of rotatable bonds is 66. The van der Waals surface area contributed by atoms with Crippen molar-refractivity contribution in [2.45, 2.75) is 356 Å². The van der Waals surface area contributed by atoms with E-state index in [1.54, 1.807) is 0 Å². The molecule has 0 aromatic rings. The molecule has 0 saturated heterocycles. The Morgan fingerprint density at radius 1 is 0.318 bits per heavy atom. The smallest absolute Gasteiger partial charge is 0.462 e. The molecule has 0 aliphatic carbocycles. The molecule has 0 rings (SSSR count). The predicted octanol–water partition coefficient (Wildman–Crippen LogP) is 19.3. The summed E-state index contributed by atoms with van der Waals surface area (Å²) < 4.78 is 68.2. The fourth-order valence-corrected chi connectivity index (χ4v) is 11.8. The lowest BCUT2D eigenvalue weighted by Gasteiger charge is -2.21. The maximum absolute atomic E-state index is 13.0. The third-order valence-electron chi connectivity index (χ3n) is 16.5. The Hall–Kier alpha value is -1.94. The lowest BCUT2D eigenvalue weighted by molar-refractivity contribution is -0.161. The van der Waals surface area contributed by atoms with Crippen molar-refractivity contribution < 1.29 is 80.2 Å². The molecule has 3 N–H and O–H groups in total. The zero-order valence-electron chi connectivity index (χ0n) is 57.3. The van der Waals surface area contributed by atoms with Gasteiger partial charge in [0.25, 0.3) is 0 Å². The number of hydrogen-bond donors (Lipinski definition) is 3. The summed E-state index contributed by atoms with van der Waals surface area (Å²) in [7, 11) is -9.90. The summed E-state index contributed by atoms with van der Waals surface area (Å²) in [6.07, 6.45) is 40.5. The summed E-state index contributed by atoms with van der Waals surface area (Å²) in [5.74, 6) is 0.836. The zero-order chi connectivity index (χ0) is 65.4. The van der Waals surface area contributed by atoms with Crippen molar-refractivity contribution in [3.05, 3.63) is 0 Å². The summed E-state index contributed by atoms with van der Waals surface area (Å²) in [5.41, 5.74) is 0. The lowest BCUT2D eigenvalue weighted by atomic mass is 9.99. The van der Waals surface area contributed by atoms with Crippen molar-refractivity contribution >= 4 is 39.5 Å². The summed E-state index contributed by atoms with van der Waals surface area (Å²) in [5, 5.41) is 10.6. The van der Waals surface area contributed by atoms with E-state index in [0.29, 0.717) is 31.6 Å². The number of phosphoric ester groups is 2. The van der Waals surface area contributed by atoms with Crippen molar-refractivity contribution in [3.8, 4) is 0 Å². The third-order valence-corrected chi connectivity index (χ3v) is 18.4. The number of esters is 4. The summed E-state index contributed by atoms with van der Waals surface area (Å²) in [6.45, 7) is 14.0. The number of phosphoric acid groups is 2. The van der Waals surface area contributed by atoms with Crippen LogP contribution in [0.15, 0.2) is 0 Å². The van der Waals surface area contributed by atoms with E-state index in [4.69, 9.17) is 37.0 Å². The molecule has 0 aliphatic rings. The van der Waals surface area contributed by atoms with Crippen molar-refractivity contribution in [3.63, 3.8) is 0 Å². The Bertz CT molecular complexity index is 1750. The molecule has 0 heterocycles. The second kappa shape index (κ2) is 58.8. The quantitative estimate of drug-likeness (QED) is 0.0222. The first-order chi connectivity index (χ1) is 42.2. The molecule has 88 heavy (non-hydrogen) atoms. The van der Waals surface area contributed by atoms with E-state index in [1.165, 1.54) is 135 Å². The van der Waals surface area contributed by atoms with Gasteiger partial charge in [-0.2, -0.15) is 0 Å². The van der Waals surface area contributed by atoms with Crippen LogP contribution in [0.3, 0.4) is 0 Å². The molecule has 4 unspecified atom stereocenters. The lowest BCUT2D eigenvalue weighted by Crippen LogP contribution is -2.30. The van der Waals surface area contributed by atoms with E-state index in [-0.39, 0.29) is 25.7 Å². The SMILES string of the molecule is CCC(C)CCCCCCCCCCCCCCCCC(=O)O[C@H](COC(=O)CCCCCCCCCCC(C)C)COP(=O)(O)OC[C@@H](O)COP(=O)(O)OC[C@@H](COC(=O)CCCCCCCCC(C)CC)OC(=O)CCCCCCCCC(C)C. The predicted molar refractivity (Wildman–Crippen MR) is 354 cm³/mol. The third kappa shape index (κ3) is 60.3. The van der Waals surface area contributed by atoms with Gasteiger partial charge in [-0.25, -0.2) is 9.13 Å². The number of aliphatic hydroxyl groups excluding tert-OH is 1. The molecule has 0 bridgehead atoms. The molecule has 0 spiro atoms. The molecule has 0 aromatic heterocycles. The number of aliphatic hydroxyl groups is 1. The minimum absolute atomic E-state index is 0.101. The Morgan fingerprint density at radius 2 is 0.545 bits per heavy atom. The van der Waals surface area contributed by atoms with Crippen molar-refractivity contribution in [2.75, 3.05) is 39.6 Å². The number of hydrogen-bond acceptors (Lipinski definition) is 15. The molecular weight excluding hydrogens is 1160 g/mol. The highest BCUT2D eigenvalue weighted by Gasteiger charge is 2.30. The van der Waals surface area contributed by atoms with Crippen LogP contribution in [-0.2, 0) is 65.4 Å². The Labute approximate surface area is 537 Å². The van der Waals surface area contributed by atoms with E-state index in [1.807, 2.05) is 0 Å². The van der Waals surface area contributed by atoms with Crippen LogP contribution in [-0.4, -0.2) is 96.7 Å². The van der Waals surface area contributed by atoms with Gasteiger partial charge in [0.05, 0.1) is 26.4 Å². The summed E-state index contributed by atoms with van der Waals surface area (Å²) in [4.78, 5) is 72.4. The first-order valence-corrected chi connectivity index (χ1v) is 38.8. The Balaban J connectivity index is 5.21. The van der Waals surface area contributed by atoms with Crippen molar-refractivity contribution in [1.29, 1.82) is 0 Å². The molecule has 0 aromatic carbocycles. The van der Waals surface area contributed by atoms with Crippen LogP contribution in [0.2, 0.25) is 0 Å². The van der Waals surface area contributed by atoms with Crippen LogP contribution in [0, 0.1) is 23.7 Å². The number of carbonyl (C=O) groups is 4. The first kappa shape index (κ1) is 86.1. The average molecular weight is 1300 g/mol. The molecule has 17 nitrogen and oxygen atoms in total. The average Bonchev–Trinajstić information content (AvgIpc) is 3.68. The van der Waals surface area contributed by atoms with Gasteiger partial charge in [-0.1, -0.05) is 287 Å². The van der Waals surface area contributed by atoms with Gasteiger partial charge in [0.2, 0.25) is 0 Å². The minimum Gasteiger partial charge on any atom is -0.462 e. The Morgan fingerprint density at radius 3 is 0.807 bits per heavy atom. The van der Waals surface area contributed by atoms with Gasteiger partial charge in [-0.3, -0.25) is 37.3 Å². The fourth-order valence-electron chi connectivity index (χ4n) is 10.2. The van der Waals surface area contributed by atoms with Gasteiger partial charge >= 0.3 is 39.5 Å². The van der Waals surface area contributed by atoms with E-state index in [0.717, 1.165) is 114 Å². The van der Waals surface area contributed by atoms with Gasteiger partial charge in [-0.15, -0.1) is 0 Å². The molecule has 7 atom stereocenters. The van der Waals surface area contributed by atoms with Crippen LogP contribution in [0.1, 0.15) is 338 Å². The monoisotopic (exact) mass is 1300 g/mol. The van der Waals surface area contributed by atoms with Gasteiger partial charge < -0.3 is 33.8 Å². The molecule has 0 amide bonds. The molecule has 0 aliphatic heterocycles. The molecule has 0 radical (unpaired) electrons. The Kier molecular flexibility index (Phi) is 57.6. The number of unbranched alkanes of at least 4 members (excludes halogenated alkanes) is 30. The van der Waals surface area contributed by atoms with Crippen LogP contribution >= 0.6 is 15.6 Å². The second-order valence-electron chi connectivity index (χ2n) is 26.4. The maximum atomic E-state index is 13.0. The highest BCUT2D eigenvalue weighted by Crippen LogP contribution is 2.45. The van der Waals surface area contributed by atoms with Crippen molar-refractivity contribution in [1.82, 2.24) is 0 Å². The highest BCUT2D eigenvalue weighted by atomic mass is 31.2. The fraction of sp³-hybridized carbons (Fsp3) is 0.942. The minimum atomic E-state index is -4.95. The largest absolute Gasteiger partial charge is 0.472 e. The number of carbonyl (C=O) groups excluding carboxylic acids is 4. The van der Waals surface area contributed by atoms with E-state index in [2.05, 4.69) is 55.4 Å². The van der Waals surface area contributed by atoms with Crippen LogP contribution in [0.5, 0.6) is 0 Å². The van der Waals surface area contributed by atoms with Gasteiger partial charge in [0.15, 0.2) is 12.2 Å². The van der Waals surface area contributed by atoms with E-state index in [9.17, 15) is 43.2 Å². The van der Waals surface area contributed by atoms with Crippen molar-refractivity contribution in [2.24, 2.45) is 23.7 Å². The zero-order valence-corrected chi connectivity index (χ0v) is 59.1. The molecule has 522 valence electrons.